The van der Waals surface area contributed by atoms with Crippen LogP contribution in [0.15, 0.2) is 18.2 Å². The van der Waals surface area contributed by atoms with Gasteiger partial charge in [0.15, 0.2) is 18.7 Å². The predicted octanol–water partition coefficient (Wildman–Crippen LogP) is 1.94. The molecule has 0 unspecified atom stereocenters. The SMILES string of the molecule is COc1cc(O)c(C=O)c(OCC(=O)Nc2cc([C@H]3CC[C@@H](OC(=O)N4CCCN4)C3)[nH]n2)c1. The van der Waals surface area contributed by atoms with Gasteiger partial charge >= 0.3 is 6.09 Å². The van der Waals surface area contributed by atoms with Gasteiger partial charge in [0.25, 0.3) is 5.91 Å². The third-order valence-electron chi connectivity index (χ3n) is 5.84. The third kappa shape index (κ3) is 5.39. The molecule has 2 heterocycles. The zero-order valence-corrected chi connectivity index (χ0v) is 18.7. The molecule has 12 nitrogen and oxygen atoms in total. The number of hydrogen-bond donors (Lipinski definition) is 4. The van der Waals surface area contributed by atoms with Gasteiger partial charge in [-0.05, 0) is 25.7 Å². The van der Waals surface area contributed by atoms with E-state index in [0.717, 1.165) is 31.5 Å². The summed E-state index contributed by atoms with van der Waals surface area (Å²) in [5, 5.41) is 21.1. The number of H-pyrrole nitrogens is 1. The Balaban J connectivity index is 1.28. The lowest BCUT2D eigenvalue weighted by Gasteiger charge is -2.19. The highest BCUT2D eigenvalue weighted by Crippen LogP contribution is 2.36. The van der Waals surface area contributed by atoms with Gasteiger partial charge in [0.1, 0.15) is 23.4 Å². The molecule has 2 aromatic rings. The fourth-order valence-corrected chi connectivity index (χ4v) is 4.10. The Kier molecular flexibility index (Phi) is 7.16. The zero-order chi connectivity index (χ0) is 24.1. The minimum Gasteiger partial charge on any atom is -0.507 e. The molecule has 1 aromatic carbocycles. The lowest BCUT2D eigenvalue weighted by atomic mass is 10.0. The molecule has 182 valence electrons. The summed E-state index contributed by atoms with van der Waals surface area (Å²) in [6, 6.07) is 4.43. The number of ether oxygens (including phenoxy) is 3. The number of phenols is 1. The number of methoxy groups -OCH3 is 1. The van der Waals surface area contributed by atoms with E-state index in [9.17, 15) is 19.5 Å². The standard InChI is InChI=1S/C22H27N5O7/c1-32-15-8-18(29)16(11-28)19(9-15)33-12-21(30)24-20-10-17(25-26-20)13-3-4-14(7-13)34-22(31)27-6-2-5-23-27/h8-11,13-14,23,29H,2-7,12H2,1H3,(H2,24,25,26,30)/t13-,14+/m0/s1. The van der Waals surface area contributed by atoms with Crippen molar-refractivity contribution in [1.29, 1.82) is 0 Å². The number of nitrogens with zero attached hydrogens (tertiary/aromatic N) is 2. The van der Waals surface area contributed by atoms with Gasteiger partial charge in [0.05, 0.1) is 12.7 Å². The van der Waals surface area contributed by atoms with E-state index >= 15 is 0 Å². The third-order valence-corrected chi connectivity index (χ3v) is 5.84. The van der Waals surface area contributed by atoms with Crippen LogP contribution in [0, 0.1) is 0 Å². The Morgan fingerprint density at radius 3 is 2.91 bits per heavy atom. The molecule has 2 amide bonds. The molecule has 2 aliphatic rings. The summed E-state index contributed by atoms with van der Waals surface area (Å²) in [4.78, 5) is 35.7. The maximum absolute atomic E-state index is 12.3. The van der Waals surface area contributed by atoms with Crippen LogP contribution in [0.5, 0.6) is 17.2 Å². The highest BCUT2D eigenvalue weighted by molar-refractivity contribution is 5.91. The van der Waals surface area contributed by atoms with E-state index < -0.39 is 12.5 Å². The van der Waals surface area contributed by atoms with E-state index in [1.165, 1.54) is 24.3 Å². The first-order chi connectivity index (χ1) is 16.5. The summed E-state index contributed by atoms with van der Waals surface area (Å²) in [7, 11) is 1.41. The van der Waals surface area contributed by atoms with E-state index in [0.29, 0.717) is 25.1 Å². The van der Waals surface area contributed by atoms with E-state index in [1.807, 2.05) is 0 Å². The molecule has 0 spiro atoms. The van der Waals surface area contributed by atoms with Crippen LogP contribution in [0.1, 0.15) is 47.7 Å². The molecule has 4 N–H and O–H groups in total. The molecule has 1 aliphatic carbocycles. The predicted molar refractivity (Wildman–Crippen MR) is 119 cm³/mol. The second-order valence-electron chi connectivity index (χ2n) is 8.15. The minimum absolute atomic E-state index is 0.0281. The van der Waals surface area contributed by atoms with Crippen molar-refractivity contribution < 1.29 is 33.7 Å². The maximum atomic E-state index is 12.3. The average molecular weight is 473 g/mol. The monoisotopic (exact) mass is 473 g/mol. The smallest absolute Gasteiger partial charge is 0.424 e. The lowest BCUT2D eigenvalue weighted by Crippen LogP contribution is -2.38. The largest absolute Gasteiger partial charge is 0.507 e. The zero-order valence-electron chi connectivity index (χ0n) is 18.7. The Hall–Kier alpha value is -3.80. The van der Waals surface area contributed by atoms with Crippen LogP contribution in [0.3, 0.4) is 0 Å². The molecule has 0 radical (unpaired) electrons. The van der Waals surface area contributed by atoms with Crippen LogP contribution < -0.4 is 20.2 Å². The number of nitrogens with one attached hydrogen (secondary N) is 3. The number of aromatic amines is 1. The first-order valence-electron chi connectivity index (χ1n) is 11.0. The topological polar surface area (TPSA) is 155 Å². The van der Waals surface area contributed by atoms with Crippen LogP contribution in [-0.2, 0) is 9.53 Å². The molecule has 4 rings (SSSR count). The van der Waals surface area contributed by atoms with Gasteiger partial charge in [-0.15, -0.1) is 0 Å². The second kappa shape index (κ2) is 10.4. The van der Waals surface area contributed by atoms with Crippen molar-refractivity contribution >= 4 is 24.1 Å². The number of carbonyl (C=O) groups excluding carboxylic acids is 3. The molecule has 1 aliphatic heterocycles. The van der Waals surface area contributed by atoms with E-state index in [1.54, 1.807) is 6.07 Å². The van der Waals surface area contributed by atoms with Crippen molar-refractivity contribution in [3.8, 4) is 17.2 Å². The van der Waals surface area contributed by atoms with Gasteiger partial charge in [-0.2, -0.15) is 5.10 Å². The first kappa shape index (κ1) is 23.4. The summed E-state index contributed by atoms with van der Waals surface area (Å²) in [5.41, 5.74) is 3.75. The van der Waals surface area contributed by atoms with Gasteiger partial charge in [0, 0.05) is 42.9 Å². The second-order valence-corrected chi connectivity index (χ2v) is 8.15. The van der Waals surface area contributed by atoms with Crippen molar-refractivity contribution in [3.05, 3.63) is 29.5 Å². The summed E-state index contributed by atoms with van der Waals surface area (Å²) in [6.45, 7) is 1.02. The van der Waals surface area contributed by atoms with Gasteiger partial charge in [0.2, 0.25) is 0 Å². The minimum atomic E-state index is -0.492. The first-order valence-corrected chi connectivity index (χ1v) is 11.0. The lowest BCUT2D eigenvalue weighted by molar-refractivity contribution is -0.118. The molecule has 1 saturated carbocycles. The molecule has 12 heteroatoms. The number of amides is 2. The number of aromatic hydroxyl groups is 1. The van der Waals surface area contributed by atoms with Crippen molar-refractivity contribution in [1.82, 2.24) is 20.6 Å². The molecular weight excluding hydrogens is 446 g/mol. The number of aromatic nitrogens is 2. The fourth-order valence-electron chi connectivity index (χ4n) is 4.10. The summed E-state index contributed by atoms with van der Waals surface area (Å²) >= 11 is 0. The number of hydrogen-bond acceptors (Lipinski definition) is 9. The van der Waals surface area contributed by atoms with Crippen LogP contribution in [0.25, 0.3) is 0 Å². The fraction of sp³-hybridized carbons (Fsp3) is 0.455. The van der Waals surface area contributed by atoms with E-state index in [-0.39, 0.29) is 40.9 Å². The van der Waals surface area contributed by atoms with Crippen LogP contribution in [-0.4, -0.2) is 71.5 Å². The number of anilines is 1. The van der Waals surface area contributed by atoms with Gasteiger partial charge in [-0.1, -0.05) is 0 Å². The van der Waals surface area contributed by atoms with Gasteiger partial charge < -0.3 is 24.6 Å². The Morgan fingerprint density at radius 1 is 1.32 bits per heavy atom. The number of phenolic OH excluding ortho intramolecular Hbond substituents is 1. The number of aldehydes is 1. The van der Waals surface area contributed by atoms with Crippen molar-refractivity contribution in [3.63, 3.8) is 0 Å². The van der Waals surface area contributed by atoms with Gasteiger partial charge in [-0.25, -0.2) is 15.2 Å². The molecule has 2 fully saturated rings. The van der Waals surface area contributed by atoms with Crippen molar-refractivity contribution in [2.24, 2.45) is 0 Å². The summed E-state index contributed by atoms with van der Waals surface area (Å²) in [6.07, 6.45) is 3.10. The number of hydrazine groups is 1. The summed E-state index contributed by atoms with van der Waals surface area (Å²) < 4.78 is 16.0. The maximum Gasteiger partial charge on any atom is 0.424 e. The Bertz CT molecular complexity index is 1050. The van der Waals surface area contributed by atoms with Crippen LogP contribution in [0.4, 0.5) is 10.6 Å². The molecule has 1 aromatic heterocycles. The number of rotatable bonds is 8. The summed E-state index contributed by atoms with van der Waals surface area (Å²) in [5.74, 6) is -0.0244. The quantitative estimate of drug-likeness (QED) is 0.421. The number of benzene rings is 1. The van der Waals surface area contributed by atoms with Crippen LogP contribution in [0.2, 0.25) is 0 Å². The molecule has 0 bridgehead atoms. The van der Waals surface area contributed by atoms with E-state index in [2.05, 4.69) is 20.9 Å². The Morgan fingerprint density at radius 2 is 2.18 bits per heavy atom. The molecular formula is C22H27N5O7. The van der Waals surface area contributed by atoms with E-state index in [4.69, 9.17) is 14.2 Å². The average Bonchev–Trinajstić information content (AvgIpc) is 3.59. The van der Waals surface area contributed by atoms with Gasteiger partial charge in [-0.3, -0.25) is 14.7 Å². The Labute approximate surface area is 195 Å². The molecule has 1 saturated heterocycles. The molecule has 2 atom stereocenters. The highest BCUT2D eigenvalue weighted by Gasteiger charge is 2.31. The van der Waals surface area contributed by atoms with Crippen LogP contribution >= 0.6 is 0 Å². The normalized spacial score (nSPS) is 19.6. The van der Waals surface area contributed by atoms with Crippen molar-refractivity contribution in [2.75, 3.05) is 32.1 Å². The van der Waals surface area contributed by atoms with Crippen molar-refractivity contribution in [2.45, 2.75) is 37.7 Å². The number of carbonyl (C=O) groups is 3. The molecule has 34 heavy (non-hydrogen) atoms. The highest BCUT2D eigenvalue weighted by atomic mass is 16.6.